The Balaban J connectivity index is 1.68. The minimum atomic E-state index is -1.06. The monoisotopic (exact) mass is 481 g/mol. The number of nitrogens with zero attached hydrogens (tertiary/aromatic N) is 3. The van der Waals surface area contributed by atoms with Gasteiger partial charge in [-0.05, 0) is 43.2 Å². The van der Waals surface area contributed by atoms with Gasteiger partial charge >= 0.3 is 5.97 Å². The van der Waals surface area contributed by atoms with Crippen molar-refractivity contribution in [3.8, 4) is 0 Å². The Morgan fingerprint density at radius 3 is 2.38 bits per heavy atom. The SMILES string of the molecule is CC(C)Cn1c(SCC(=O)Nc2cccc(C(=O)O)c2)nnc1C(C)NC(=O)c1ccccc1. The van der Waals surface area contributed by atoms with Gasteiger partial charge in [0.25, 0.3) is 5.91 Å². The summed E-state index contributed by atoms with van der Waals surface area (Å²) in [5.74, 6) is -0.594. The van der Waals surface area contributed by atoms with Gasteiger partial charge < -0.3 is 20.3 Å². The molecule has 9 nitrogen and oxygen atoms in total. The largest absolute Gasteiger partial charge is 0.478 e. The van der Waals surface area contributed by atoms with E-state index in [0.29, 0.717) is 34.7 Å². The number of hydrogen-bond acceptors (Lipinski definition) is 6. The number of carbonyl (C=O) groups is 3. The van der Waals surface area contributed by atoms with Crippen molar-refractivity contribution in [1.82, 2.24) is 20.1 Å². The maximum Gasteiger partial charge on any atom is 0.335 e. The number of carbonyl (C=O) groups excluding carboxylic acids is 2. The molecule has 0 aliphatic heterocycles. The summed E-state index contributed by atoms with van der Waals surface area (Å²) < 4.78 is 1.92. The lowest BCUT2D eigenvalue weighted by Gasteiger charge is -2.17. The van der Waals surface area contributed by atoms with E-state index in [9.17, 15) is 14.4 Å². The molecule has 1 heterocycles. The first-order valence-corrected chi connectivity index (χ1v) is 11.8. The second kappa shape index (κ2) is 11.5. The predicted molar refractivity (Wildman–Crippen MR) is 130 cm³/mol. The first-order valence-electron chi connectivity index (χ1n) is 10.8. The summed E-state index contributed by atoms with van der Waals surface area (Å²) in [6.07, 6.45) is 0. The van der Waals surface area contributed by atoms with Crippen molar-refractivity contribution < 1.29 is 19.5 Å². The Bertz CT molecular complexity index is 1160. The van der Waals surface area contributed by atoms with Crippen molar-refractivity contribution in [3.63, 3.8) is 0 Å². The topological polar surface area (TPSA) is 126 Å². The van der Waals surface area contributed by atoms with Gasteiger partial charge in [0.2, 0.25) is 5.91 Å². The first kappa shape index (κ1) is 25.0. The Morgan fingerprint density at radius 1 is 1.00 bits per heavy atom. The van der Waals surface area contributed by atoms with Crippen molar-refractivity contribution in [3.05, 3.63) is 71.5 Å². The zero-order valence-electron chi connectivity index (χ0n) is 19.2. The number of amides is 2. The number of anilines is 1. The number of benzene rings is 2. The molecule has 1 unspecified atom stereocenters. The minimum Gasteiger partial charge on any atom is -0.478 e. The van der Waals surface area contributed by atoms with E-state index in [1.165, 1.54) is 23.9 Å². The smallest absolute Gasteiger partial charge is 0.335 e. The van der Waals surface area contributed by atoms with Gasteiger partial charge in [0, 0.05) is 17.8 Å². The van der Waals surface area contributed by atoms with Crippen LogP contribution in [0.15, 0.2) is 59.8 Å². The van der Waals surface area contributed by atoms with Gasteiger partial charge in [-0.3, -0.25) is 9.59 Å². The molecule has 0 aliphatic carbocycles. The van der Waals surface area contributed by atoms with Gasteiger partial charge in [-0.15, -0.1) is 10.2 Å². The van der Waals surface area contributed by atoms with Gasteiger partial charge in [0.05, 0.1) is 17.4 Å². The molecule has 3 N–H and O–H groups in total. The molecular formula is C24H27N5O4S. The molecule has 1 aromatic heterocycles. The fraction of sp³-hybridized carbons (Fsp3) is 0.292. The summed E-state index contributed by atoms with van der Waals surface area (Å²) >= 11 is 1.23. The van der Waals surface area contributed by atoms with Crippen LogP contribution in [0.3, 0.4) is 0 Å². The van der Waals surface area contributed by atoms with Crippen LogP contribution in [0.1, 0.15) is 53.4 Å². The fourth-order valence-electron chi connectivity index (χ4n) is 3.26. The van der Waals surface area contributed by atoms with E-state index in [0.717, 1.165) is 0 Å². The van der Waals surface area contributed by atoms with E-state index in [1.807, 2.05) is 17.6 Å². The quantitative estimate of drug-likeness (QED) is 0.375. The van der Waals surface area contributed by atoms with E-state index in [1.54, 1.807) is 36.4 Å². The highest BCUT2D eigenvalue weighted by Crippen LogP contribution is 2.23. The highest BCUT2D eigenvalue weighted by atomic mass is 32.2. The molecule has 0 saturated carbocycles. The number of aromatic carboxylic acids is 1. The molecule has 1 atom stereocenters. The molecule has 0 radical (unpaired) electrons. The second-order valence-electron chi connectivity index (χ2n) is 8.13. The lowest BCUT2D eigenvalue weighted by atomic mass is 10.2. The third-order valence-corrected chi connectivity index (χ3v) is 5.76. The number of carboxylic acids is 1. The molecule has 10 heteroatoms. The van der Waals surface area contributed by atoms with Crippen LogP contribution in [-0.4, -0.2) is 43.4 Å². The lowest BCUT2D eigenvalue weighted by molar-refractivity contribution is -0.113. The van der Waals surface area contributed by atoms with Crippen molar-refractivity contribution in [1.29, 1.82) is 0 Å². The predicted octanol–water partition coefficient (Wildman–Crippen LogP) is 3.85. The third-order valence-electron chi connectivity index (χ3n) is 4.79. The molecule has 34 heavy (non-hydrogen) atoms. The first-order chi connectivity index (χ1) is 16.2. The summed E-state index contributed by atoms with van der Waals surface area (Å²) in [5.41, 5.74) is 1.06. The molecule has 0 spiro atoms. The Labute approximate surface area is 202 Å². The van der Waals surface area contributed by atoms with Crippen molar-refractivity contribution in [2.75, 3.05) is 11.1 Å². The van der Waals surface area contributed by atoms with Gasteiger partial charge in [0.1, 0.15) is 0 Å². The summed E-state index contributed by atoms with van der Waals surface area (Å²) in [4.78, 5) is 36.1. The van der Waals surface area contributed by atoms with Crippen LogP contribution in [-0.2, 0) is 11.3 Å². The van der Waals surface area contributed by atoms with Gasteiger partial charge in [-0.1, -0.05) is 49.9 Å². The van der Waals surface area contributed by atoms with Gasteiger partial charge in [-0.2, -0.15) is 0 Å². The second-order valence-corrected chi connectivity index (χ2v) is 9.07. The fourth-order valence-corrected chi connectivity index (χ4v) is 4.01. The zero-order chi connectivity index (χ0) is 24.7. The Morgan fingerprint density at radius 2 is 1.71 bits per heavy atom. The van der Waals surface area contributed by atoms with E-state index < -0.39 is 5.97 Å². The standard InChI is InChI=1S/C24H27N5O4S/c1-15(2)13-29-21(16(3)25-22(31)17-8-5-4-6-9-17)27-28-24(29)34-14-20(30)26-19-11-7-10-18(12-19)23(32)33/h4-12,15-16H,13-14H2,1-3H3,(H,25,31)(H,26,30)(H,32,33). The number of nitrogens with one attached hydrogen (secondary N) is 2. The Kier molecular flexibility index (Phi) is 8.42. The number of aromatic nitrogens is 3. The molecule has 3 aromatic rings. The van der Waals surface area contributed by atoms with E-state index in [2.05, 4.69) is 34.7 Å². The van der Waals surface area contributed by atoms with Crippen LogP contribution in [0, 0.1) is 5.92 Å². The normalized spacial score (nSPS) is 11.8. The van der Waals surface area contributed by atoms with Crippen LogP contribution in [0.2, 0.25) is 0 Å². The van der Waals surface area contributed by atoms with Crippen LogP contribution in [0.25, 0.3) is 0 Å². The third kappa shape index (κ3) is 6.67. The number of hydrogen-bond donors (Lipinski definition) is 3. The lowest BCUT2D eigenvalue weighted by Crippen LogP contribution is -2.29. The van der Waals surface area contributed by atoms with Crippen LogP contribution in [0.4, 0.5) is 5.69 Å². The number of rotatable bonds is 10. The number of carboxylic acid groups (broad SMARTS) is 1. The highest BCUT2D eigenvalue weighted by molar-refractivity contribution is 7.99. The highest BCUT2D eigenvalue weighted by Gasteiger charge is 2.21. The minimum absolute atomic E-state index is 0.0677. The van der Waals surface area contributed by atoms with Crippen molar-refractivity contribution in [2.24, 2.45) is 5.92 Å². The van der Waals surface area contributed by atoms with Crippen LogP contribution >= 0.6 is 11.8 Å². The van der Waals surface area contributed by atoms with Crippen LogP contribution in [0.5, 0.6) is 0 Å². The Hall–Kier alpha value is -3.66. The van der Waals surface area contributed by atoms with E-state index in [4.69, 9.17) is 5.11 Å². The number of thioether (sulfide) groups is 1. The molecule has 178 valence electrons. The molecule has 0 aliphatic rings. The average Bonchev–Trinajstić information content (AvgIpc) is 3.20. The molecule has 3 rings (SSSR count). The molecule has 2 aromatic carbocycles. The van der Waals surface area contributed by atoms with Crippen LogP contribution < -0.4 is 10.6 Å². The average molecular weight is 482 g/mol. The summed E-state index contributed by atoms with van der Waals surface area (Å²) in [7, 11) is 0. The van der Waals surface area contributed by atoms with E-state index >= 15 is 0 Å². The summed E-state index contributed by atoms with van der Waals surface area (Å²) in [5, 5.41) is 23.9. The maximum absolute atomic E-state index is 12.6. The van der Waals surface area contributed by atoms with Crippen molar-refractivity contribution >= 4 is 35.2 Å². The van der Waals surface area contributed by atoms with Gasteiger partial charge in [-0.25, -0.2) is 4.79 Å². The maximum atomic E-state index is 12.6. The molecule has 2 amide bonds. The van der Waals surface area contributed by atoms with Gasteiger partial charge in [0.15, 0.2) is 11.0 Å². The zero-order valence-corrected chi connectivity index (χ0v) is 20.0. The van der Waals surface area contributed by atoms with E-state index in [-0.39, 0.29) is 29.2 Å². The summed E-state index contributed by atoms with van der Waals surface area (Å²) in [6.45, 7) is 6.60. The molecule has 0 fully saturated rings. The molecule has 0 bridgehead atoms. The summed E-state index contributed by atoms with van der Waals surface area (Å²) in [6, 6.07) is 14.6. The molecular weight excluding hydrogens is 454 g/mol. The van der Waals surface area contributed by atoms with Crippen molar-refractivity contribution in [2.45, 2.75) is 38.5 Å². The molecule has 0 saturated heterocycles.